The van der Waals surface area contributed by atoms with Crippen molar-refractivity contribution in [2.75, 3.05) is 19.5 Å². The summed E-state index contributed by atoms with van der Waals surface area (Å²) in [5.74, 6) is 0.545. The van der Waals surface area contributed by atoms with E-state index in [9.17, 15) is 5.11 Å². The van der Waals surface area contributed by atoms with Crippen LogP contribution in [-0.4, -0.2) is 48.4 Å². The lowest BCUT2D eigenvalue weighted by molar-refractivity contribution is 0.231. The first kappa shape index (κ1) is 15.3. The molecule has 0 spiro atoms. The minimum absolute atomic E-state index is 0.0151. The highest BCUT2D eigenvalue weighted by Crippen LogP contribution is 2.32. The number of aliphatic hydroxyl groups is 1. The minimum atomic E-state index is -0.163. The summed E-state index contributed by atoms with van der Waals surface area (Å²) >= 11 is 0. The molecule has 0 bridgehead atoms. The number of anilines is 1. The molecule has 0 unspecified atom stereocenters. The van der Waals surface area contributed by atoms with Gasteiger partial charge in [0.25, 0.3) is 0 Å². The summed E-state index contributed by atoms with van der Waals surface area (Å²) in [5.41, 5.74) is 9.89. The van der Waals surface area contributed by atoms with E-state index in [2.05, 4.69) is 20.4 Å². The molecule has 0 amide bonds. The average molecular weight is 339 g/mol. The molecule has 0 aliphatic heterocycles. The molecular weight excluding hydrogens is 322 g/mol. The van der Waals surface area contributed by atoms with Crippen LogP contribution in [0.15, 0.2) is 30.5 Å². The number of ether oxygens (including phenoxy) is 1. The number of aliphatic hydroxyl groups excluding tert-OH is 1. The fraction of sp³-hybridized carbons (Fsp3) is 0.250. The van der Waals surface area contributed by atoms with Gasteiger partial charge in [-0.2, -0.15) is 4.98 Å². The zero-order valence-electron chi connectivity index (χ0n) is 13.8. The van der Waals surface area contributed by atoms with Crippen LogP contribution in [0.2, 0.25) is 0 Å². The van der Waals surface area contributed by atoms with Gasteiger partial charge in [0.15, 0.2) is 0 Å². The van der Waals surface area contributed by atoms with Crippen molar-refractivity contribution >= 4 is 22.5 Å². The van der Waals surface area contributed by atoms with Crippen molar-refractivity contribution in [3.05, 3.63) is 30.5 Å². The van der Waals surface area contributed by atoms with Gasteiger partial charge in [-0.3, -0.25) is 0 Å². The van der Waals surface area contributed by atoms with Crippen molar-refractivity contribution in [1.29, 1.82) is 0 Å². The number of methoxy groups -OCH3 is 1. The van der Waals surface area contributed by atoms with Crippen molar-refractivity contribution in [1.82, 2.24) is 29.6 Å². The molecule has 9 nitrogen and oxygen atoms in total. The van der Waals surface area contributed by atoms with Crippen molar-refractivity contribution in [2.24, 2.45) is 0 Å². The number of hydrogen-bond donors (Lipinski definition) is 2. The maximum atomic E-state index is 9.42. The Morgan fingerprint density at radius 2 is 2.16 bits per heavy atom. The lowest BCUT2D eigenvalue weighted by Crippen LogP contribution is -2.10. The monoisotopic (exact) mass is 339 g/mol. The first-order valence-corrected chi connectivity index (χ1v) is 7.77. The predicted octanol–water partition coefficient (Wildman–Crippen LogP) is 1.29. The molecule has 4 aromatic rings. The van der Waals surface area contributed by atoms with E-state index in [1.807, 2.05) is 31.2 Å². The highest BCUT2D eigenvalue weighted by atomic mass is 16.5. The van der Waals surface area contributed by atoms with E-state index in [-0.39, 0.29) is 18.6 Å². The van der Waals surface area contributed by atoms with Crippen molar-refractivity contribution in [3.63, 3.8) is 0 Å². The minimum Gasteiger partial charge on any atom is -0.479 e. The third-order valence-electron chi connectivity index (χ3n) is 4.15. The van der Waals surface area contributed by atoms with Gasteiger partial charge in [0, 0.05) is 11.8 Å². The number of aromatic nitrogens is 6. The lowest BCUT2D eigenvalue weighted by Gasteiger charge is -2.09. The van der Waals surface area contributed by atoms with Crippen LogP contribution < -0.4 is 10.5 Å². The highest BCUT2D eigenvalue weighted by molar-refractivity contribution is 5.89. The molecule has 4 rings (SSSR count). The van der Waals surface area contributed by atoms with E-state index in [0.29, 0.717) is 5.88 Å². The summed E-state index contributed by atoms with van der Waals surface area (Å²) in [7, 11) is 1.55. The van der Waals surface area contributed by atoms with E-state index >= 15 is 0 Å². The quantitative estimate of drug-likeness (QED) is 0.575. The fourth-order valence-corrected chi connectivity index (χ4v) is 2.89. The van der Waals surface area contributed by atoms with Crippen LogP contribution in [0.5, 0.6) is 5.88 Å². The van der Waals surface area contributed by atoms with Gasteiger partial charge in [-0.1, -0.05) is 11.3 Å². The molecule has 0 radical (unpaired) electrons. The Bertz CT molecular complexity index is 1070. The van der Waals surface area contributed by atoms with Gasteiger partial charge in [0.2, 0.25) is 11.8 Å². The number of nitrogens with zero attached hydrogens (tertiary/aromatic N) is 6. The Morgan fingerprint density at radius 1 is 1.32 bits per heavy atom. The largest absolute Gasteiger partial charge is 0.479 e. The molecule has 3 heterocycles. The third kappa shape index (κ3) is 2.36. The van der Waals surface area contributed by atoms with Crippen molar-refractivity contribution in [2.45, 2.75) is 13.0 Å². The topological polar surface area (TPSA) is 116 Å². The number of fused-ring (bicyclic) bond motifs is 2. The predicted molar refractivity (Wildman–Crippen MR) is 92.3 cm³/mol. The summed E-state index contributed by atoms with van der Waals surface area (Å²) in [6.45, 7) is 1.87. The summed E-state index contributed by atoms with van der Waals surface area (Å²) in [4.78, 5) is 4.15. The molecule has 1 atom stereocenters. The fourth-order valence-electron chi connectivity index (χ4n) is 2.89. The zero-order chi connectivity index (χ0) is 17.6. The molecule has 25 heavy (non-hydrogen) atoms. The first-order valence-electron chi connectivity index (χ1n) is 7.77. The van der Waals surface area contributed by atoms with Crippen LogP contribution in [0.3, 0.4) is 0 Å². The van der Waals surface area contributed by atoms with E-state index < -0.39 is 0 Å². The molecule has 9 heteroatoms. The summed E-state index contributed by atoms with van der Waals surface area (Å²) in [6.07, 6.45) is 1.81. The SMILES string of the molecule is COc1nc(N)nn2ccc(-c3ccc4nnn([C@@H](C)CO)c4c3)c12. The normalized spacial score (nSPS) is 12.8. The Hall–Kier alpha value is -3.20. The number of rotatable bonds is 4. The average Bonchev–Trinajstić information content (AvgIpc) is 3.23. The van der Waals surface area contributed by atoms with Crippen LogP contribution in [0.25, 0.3) is 27.7 Å². The number of hydrogen-bond acceptors (Lipinski definition) is 7. The van der Waals surface area contributed by atoms with Gasteiger partial charge in [-0.15, -0.1) is 10.2 Å². The Kier molecular flexibility index (Phi) is 3.50. The van der Waals surface area contributed by atoms with E-state index in [0.717, 1.165) is 27.7 Å². The van der Waals surface area contributed by atoms with Crippen LogP contribution in [0.4, 0.5) is 5.95 Å². The zero-order valence-corrected chi connectivity index (χ0v) is 13.8. The second kappa shape index (κ2) is 5.71. The molecule has 0 saturated heterocycles. The van der Waals surface area contributed by atoms with Gasteiger partial charge >= 0.3 is 0 Å². The lowest BCUT2D eigenvalue weighted by atomic mass is 10.1. The molecule has 0 aliphatic carbocycles. The second-order valence-corrected chi connectivity index (χ2v) is 5.77. The first-order chi connectivity index (χ1) is 12.1. The number of nitrogens with two attached hydrogens (primary N) is 1. The third-order valence-corrected chi connectivity index (χ3v) is 4.15. The van der Waals surface area contributed by atoms with Crippen LogP contribution in [0.1, 0.15) is 13.0 Å². The van der Waals surface area contributed by atoms with Gasteiger partial charge < -0.3 is 15.6 Å². The standard InChI is InChI=1S/C16H17N7O2/c1-9(8-24)23-13-7-10(3-4-12(13)19-21-23)11-5-6-22-14(11)15(25-2)18-16(17)20-22/h3-7,9,24H,8H2,1-2H3,(H2,17,20)/t9-/m0/s1. The Labute approximate surface area is 142 Å². The maximum Gasteiger partial charge on any atom is 0.243 e. The van der Waals surface area contributed by atoms with Gasteiger partial charge in [-0.25, -0.2) is 9.20 Å². The van der Waals surface area contributed by atoms with Gasteiger partial charge in [0.1, 0.15) is 11.0 Å². The molecule has 3 N–H and O–H groups in total. The maximum absolute atomic E-state index is 9.42. The molecular formula is C16H17N7O2. The highest BCUT2D eigenvalue weighted by Gasteiger charge is 2.16. The summed E-state index contributed by atoms with van der Waals surface area (Å²) in [6, 6.07) is 7.59. The van der Waals surface area contributed by atoms with Gasteiger partial charge in [0.05, 0.1) is 25.3 Å². The second-order valence-electron chi connectivity index (χ2n) is 5.77. The molecule has 0 saturated carbocycles. The number of nitrogen functional groups attached to an aromatic ring is 1. The van der Waals surface area contributed by atoms with Crippen molar-refractivity contribution in [3.8, 4) is 17.0 Å². The van der Waals surface area contributed by atoms with Crippen LogP contribution in [-0.2, 0) is 0 Å². The van der Waals surface area contributed by atoms with E-state index in [4.69, 9.17) is 10.5 Å². The molecule has 0 fully saturated rings. The van der Waals surface area contributed by atoms with Gasteiger partial charge in [-0.05, 0) is 30.7 Å². The molecule has 0 aliphatic rings. The smallest absolute Gasteiger partial charge is 0.243 e. The van der Waals surface area contributed by atoms with Crippen LogP contribution >= 0.6 is 0 Å². The molecule has 128 valence electrons. The van der Waals surface area contributed by atoms with Crippen molar-refractivity contribution < 1.29 is 9.84 Å². The summed E-state index contributed by atoms with van der Waals surface area (Å²) in [5, 5.41) is 21.9. The van der Waals surface area contributed by atoms with Crippen LogP contribution in [0, 0.1) is 0 Å². The van der Waals surface area contributed by atoms with E-state index in [1.54, 1.807) is 22.5 Å². The van der Waals surface area contributed by atoms with E-state index in [1.165, 1.54) is 0 Å². The molecule has 3 aromatic heterocycles. The Balaban J connectivity index is 1.94. The number of benzene rings is 1. The summed E-state index contributed by atoms with van der Waals surface area (Å²) < 4.78 is 8.72. The molecule has 1 aromatic carbocycles. The Morgan fingerprint density at radius 3 is 2.92 bits per heavy atom.